The summed E-state index contributed by atoms with van der Waals surface area (Å²) in [6.07, 6.45) is 0.996. The highest BCUT2D eigenvalue weighted by Gasteiger charge is 2.48. The molecular formula is C20H21N3O5S. The number of urea groups is 1. The number of rotatable bonds is 7. The zero-order valence-corrected chi connectivity index (χ0v) is 16.7. The second-order valence-electron chi connectivity index (χ2n) is 7.20. The Hall–Kier alpha value is -3.07. The Morgan fingerprint density at radius 1 is 1.28 bits per heavy atom. The minimum atomic E-state index is -1.12. The third-order valence-corrected chi connectivity index (χ3v) is 5.85. The summed E-state index contributed by atoms with van der Waals surface area (Å²) in [7, 11) is 0. The molecule has 2 aliphatic heterocycles. The number of benzene rings is 1. The van der Waals surface area contributed by atoms with Gasteiger partial charge in [0, 0.05) is 17.8 Å². The Kier molecular flexibility index (Phi) is 5.14. The van der Waals surface area contributed by atoms with Gasteiger partial charge in [0.15, 0.2) is 11.5 Å². The molecule has 1 aromatic heterocycles. The molecule has 4 amide bonds. The van der Waals surface area contributed by atoms with Crippen molar-refractivity contribution in [3.05, 3.63) is 46.2 Å². The number of fused-ring (bicyclic) bond motifs is 1. The number of ether oxygens (including phenoxy) is 2. The molecule has 152 valence electrons. The maximum absolute atomic E-state index is 12.9. The molecule has 4 rings (SSSR count). The van der Waals surface area contributed by atoms with Crippen LogP contribution in [0.4, 0.5) is 4.79 Å². The Morgan fingerprint density at radius 2 is 2.10 bits per heavy atom. The molecule has 1 saturated heterocycles. The molecule has 1 atom stereocenters. The maximum atomic E-state index is 12.9. The Labute approximate surface area is 171 Å². The number of nitrogens with zero attached hydrogens (tertiary/aromatic N) is 1. The first kappa shape index (κ1) is 19.3. The van der Waals surface area contributed by atoms with Gasteiger partial charge >= 0.3 is 6.03 Å². The van der Waals surface area contributed by atoms with Crippen LogP contribution in [-0.2, 0) is 22.4 Å². The van der Waals surface area contributed by atoms with Crippen molar-refractivity contribution in [2.24, 2.45) is 0 Å². The summed E-state index contributed by atoms with van der Waals surface area (Å²) in [5.74, 6) is 0.484. The molecule has 8 nitrogen and oxygen atoms in total. The van der Waals surface area contributed by atoms with Crippen LogP contribution >= 0.6 is 11.3 Å². The van der Waals surface area contributed by atoms with Gasteiger partial charge in [-0.3, -0.25) is 14.5 Å². The van der Waals surface area contributed by atoms with Crippen LogP contribution in [0.2, 0.25) is 0 Å². The van der Waals surface area contributed by atoms with Crippen LogP contribution in [0, 0.1) is 0 Å². The van der Waals surface area contributed by atoms with Gasteiger partial charge in [-0.05, 0) is 42.5 Å². The van der Waals surface area contributed by atoms with E-state index < -0.39 is 17.5 Å². The van der Waals surface area contributed by atoms with Crippen LogP contribution in [0.15, 0.2) is 35.7 Å². The minimum absolute atomic E-state index is 0.168. The van der Waals surface area contributed by atoms with E-state index in [1.165, 1.54) is 0 Å². The number of imide groups is 1. The fourth-order valence-corrected chi connectivity index (χ4v) is 4.16. The van der Waals surface area contributed by atoms with Crippen LogP contribution in [0.3, 0.4) is 0 Å². The monoisotopic (exact) mass is 415 g/mol. The third kappa shape index (κ3) is 4.04. The molecule has 0 bridgehead atoms. The van der Waals surface area contributed by atoms with Crippen molar-refractivity contribution in [1.29, 1.82) is 0 Å². The van der Waals surface area contributed by atoms with Gasteiger partial charge in [0.1, 0.15) is 12.1 Å². The lowest BCUT2D eigenvalue weighted by Crippen LogP contribution is -2.47. The normalized spacial score (nSPS) is 20.1. The molecule has 2 N–H and O–H groups in total. The number of carbonyl (C=O) groups excluding carboxylic acids is 3. The first-order valence-corrected chi connectivity index (χ1v) is 10.1. The van der Waals surface area contributed by atoms with E-state index in [2.05, 4.69) is 10.6 Å². The quantitative estimate of drug-likeness (QED) is 0.671. The zero-order chi connectivity index (χ0) is 20.4. The predicted octanol–water partition coefficient (Wildman–Crippen LogP) is 1.69. The van der Waals surface area contributed by atoms with E-state index in [4.69, 9.17) is 9.47 Å². The molecule has 29 heavy (non-hydrogen) atoms. The minimum Gasteiger partial charge on any atom is -0.454 e. The highest BCUT2D eigenvalue weighted by molar-refractivity contribution is 7.09. The van der Waals surface area contributed by atoms with E-state index >= 15 is 0 Å². The molecule has 1 fully saturated rings. The number of hydrogen-bond acceptors (Lipinski definition) is 6. The molecule has 2 aromatic rings. The van der Waals surface area contributed by atoms with E-state index in [0.717, 1.165) is 15.3 Å². The summed E-state index contributed by atoms with van der Waals surface area (Å²) in [5, 5.41) is 7.45. The van der Waals surface area contributed by atoms with Crippen molar-refractivity contribution in [3.63, 3.8) is 0 Å². The summed E-state index contributed by atoms with van der Waals surface area (Å²) >= 11 is 1.62. The van der Waals surface area contributed by atoms with Crippen LogP contribution in [0.1, 0.15) is 17.4 Å². The first-order valence-electron chi connectivity index (χ1n) is 9.26. The molecule has 2 aliphatic rings. The van der Waals surface area contributed by atoms with Crippen LogP contribution < -0.4 is 20.1 Å². The SMILES string of the molecule is C[C@]1(Cc2ccc3c(c2)OCO3)NC(=O)N(CC(=O)NCCc2cccs2)C1=O. The number of carbonyl (C=O) groups is 3. The lowest BCUT2D eigenvalue weighted by molar-refractivity contribution is -0.134. The third-order valence-electron chi connectivity index (χ3n) is 4.92. The smallest absolute Gasteiger partial charge is 0.325 e. The van der Waals surface area contributed by atoms with Crippen LogP contribution in [0.5, 0.6) is 11.5 Å². The topological polar surface area (TPSA) is 97.0 Å². The summed E-state index contributed by atoms with van der Waals surface area (Å²) in [6.45, 7) is 1.98. The van der Waals surface area contributed by atoms with Crippen molar-refractivity contribution in [3.8, 4) is 11.5 Å². The van der Waals surface area contributed by atoms with Crippen LogP contribution in [0.25, 0.3) is 0 Å². The number of thiophene rings is 1. The Balaban J connectivity index is 1.35. The van der Waals surface area contributed by atoms with Gasteiger partial charge in [-0.15, -0.1) is 11.3 Å². The van der Waals surface area contributed by atoms with E-state index in [1.54, 1.807) is 30.4 Å². The second kappa shape index (κ2) is 7.75. The second-order valence-corrected chi connectivity index (χ2v) is 8.23. The lowest BCUT2D eigenvalue weighted by Gasteiger charge is -2.21. The van der Waals surface area contributed by atoms with E-state index in [0.29, 0.717) is 24.5 Å². The standard InChI is InChI=1S/C20H21N3O5S/c1-20(10-13-4-5-15-16(9-13)28-12-27-15)18(25)23(19(26)22-20)11-17(24)21-7-6-14-3-2-8-29-14/h2-5,8-9H,6-7,10-12H2,1H3,(H,21,24)(H,22,26)/t20-/m1/s1. The van der Waals surface area contributed by atoms with E-state index in [1.807, 2.05) is 23.6 Å². The Morgan fingerprint density at radius 3 is 2.90 bits per heavy atom. The summed E-state index contributed by atoms with van der Waals surface area (Å²) in [6, 6.07) is 8.80. The summed E-state index contributed by atoms with van der Waals surface area (Å²) < 4.78 is 10.7. The predicted molar refractivity (Wildman–Crippen MR) is 106 cm³/mol. The number of nitrogens with one attached hydrogen (secondary N) is 2. The van der Waals surface area contributed by atoms with Crippen molar-refractivity contribution >= 4 is 29.2 Å². The highest BCUT2D eigenvalue weighted by Crippen LogP contribution is 2.34. The molecule has 0 saturated carbocycles. The van der Waals surface area contributed by atoms with Gasteiger partial charge in [-0.25, -0.2) is 4.79 Å². The van der Waals surface area contributed by atoms with Crippen molar-refractivity contribution in [1.82, 2.24) is 15.5 Å². The summed E-state index contributed by atoms with van der Waals surface area (Å²) in [5.41, 5.74) is -0.296. The fourth-order valence-electron chi connectivity index (χ4n) is 3.45. The number of hydrogen-bond donors (Lipinski definition) is 2. The van der Waals surface area contributed by atoms with Gasteiger partial charge in [0.2, 0.25) is 12.7 Å². The average Bonchev–Trinajstić information content (AvgIpc) is 3.40. The molecular weight excluding hydrogens is 394 g/mol. The fraction of sp³-hybridized carbons (Fsp3) is 0.350. The molecule has 0 unspecified atom stereocenters. The summed E-state index contributed by atoms with van der Waals surface area (Å²) in [4.78, 5) is 39.6. The molecule has 0 radical (unpaired) electrons. The average molecular weight is 415 g/mol. The van der Waals surface area contributed by atoms with Gasteiger partial charge in [0.05, 0.1) is 0 Å². The molecule has 9 heteroatoms. The molecule has 0 aliphatic carbocycles. The zero-order valence-electron chi connectivity index (χ0n) is 15.9. The van der Waals surface area contributed by atoms with Crippen molar-refractivity contribution in [2.75, 3.05) is 19.9 Å². The van der Waals surface area contributed by atoms with Gasteiger partial charge in [-0.2, -0.15) is 0 Å². The maximum Gasteiger partial charge on any atom is 0.325 e. The molecule has 3 heterocycles. The number of amides is 4. The largest absolute Gasteiger partial charge is 0.454 e. The Bertz CT molecular complexity index is 946. The van der Waals surface area contributed by atoms with Gasteiger partial charge < -0.3 is 20.1 Å². The van der Waals surface area contributed by atoms with Crippen molar-refractivity contribution in [2.45, 2.75) is 25.3 Å². The molecule has 1 aromatic carbocycles. The van der Waals surface area contributed by atoms with Gasteiger partial charge in [0.25, 0.3) is 5.91 Å². The van der Waals surface area contributed by atoms with E-state index in [9.17, 15) is 14.4 Å². The highest BCUT2D eigenvalue weighted by atomic mass is 32.1. The van der Waals surface area contributed by atoms with Crippen molar-refractivity contribution < 1.29 is 23.9 Å². The molecule has 0 spiro atoms. The first-order chi connectivity index (χ1) is 13.9. The lowest BCUT2D eigenvalue weighted by atomic mass is 9.92. The van der Waals surface area contributed by atoms with Gasteiger partial charge in [-0.1, -0.05) is 12.1 Å². The van der Waals surface area contributed by atoms with Crippen LogP contribution in [-0.4, -0.2) is 48.2 Å². The van der Waals surface area contributed by atoms with E-state index in [-0.39, 0.29) is 25.7 Å².